The molecule has 6 nitrogen and oxygen atoms in total. The van der Waals surface area contributed by atoms with Gasteiger partial charge in [0, 0.05) is 12.8 Å². The number of ether oxygens (including phenoxy) is 2. The molecule has 31 heavy (non-hydrogen) atoms. The van der Waals surface area contributed by atoms with Gasteiger partial charge in [-0.3, -0.25) is 9.59 Å². The lowest BCUT2D eigenvalue weighted by Gasteiger charge is -2.22. The van der Waals surface area contributed by atoms with Gasteiger partial charge in [0.05, 0.1) is 18.9 Å². The number of esters is 1. The van der Waals surface area contributed by atoms with Crippen molar-refractivity contribution in [3.63, 3.8) is 0 Å². The molecule has 1 aliphatic heterocycles. The number of carbonyl (C=O) groups is 2. The maximum atomic E-state index is 13.0. The summed E-state index contributed by atoms with van der Waals surface area (Å²) in [7, 11) is 1.62. The monoisotopic (exact) mass is 420 g/mol. The van der Waals surface area contributed by atoms with Gasteiger partial charge in [0.25, 0.3) is 5.91 Å². The van der Waals surface area contributed by atoms with Crippen molar-refractivity contribution < 1.29 is 19.1 Å². The second kappa shape index (κ2) is 9.77. The van der Waals surface area contributed by atoms with Crippen LogP contribution in [0.1, 0.15) is 55.7 Å². The first-order valence-electron chi connectivity index (χ1n) is 10.9. The van der Waals surface area contributed by atoms with Crippen molar-refractivity contribution in [3.05, 3.63) is 65.7 Å². The predicted molar refractivity (Wildman–Crippen MR) is 118 cm³/mol. The van der Waals surface area contributed by atoms with Crippen molar-refractivity contribution in [2.75, 3.05) is 13.7 Å². The number of benzene rings is 2. The SMILES string of the molecule is COc1ccc(C2CC(c3ccccc3)=NN2C(=O)COC(=O)CC2CCCC2)cc1. The minimum absolute atomic E-state index is 0.248. The normalized spacial score (nSPS) is 18.7. The fourth-order valence-corrected chi connectivity index (χ4v) is 4.35. The van der Waals surface area contributed by atoms with Crippen molar-refractivity contribution in [2.24, 2.45) is 11.0 Å². The Kier molecular flexibility index (Phi) is 6.65. The lowest BCUT2D eigenvalue weighted by atomic mass is 9.98. The second-order valence-corrected chi connectivity index (χ2v) is 8.16. The molecule has 1 saturated carbocycles. The van der Waals surface area contributed by atoms with Crippen LogP contribution in [0, 0.1) is 5.92 Å². The zero-order valence-corrected chi connectivity index (χ0v) is 17.8. The Bertz CT molecular complexity index is 934. The minimum Gasteiger partial charge on any atom is -0.497 e. The zero-order valence-electron chi connectivity index (χ0n) is 17.8. The largest absolute Gasteiger partial charge is 0.497 e. The second-order valence-electron chi connectivity index (χ2n) is 8.16. The summed E-state index contributed by atoms with van der Waals surface area (Å²) in [5.74, 6) is 0.535. The summed E-state index contributed by atoms with van der Waals surface area (Å²) in [5, 5.41) is 6.08. The Labute approximate surface area is 182 Å². The molecular formula is C25H28N2O4. The highest BCUT2D eigenvalue weighted by molar-refractivity contribution is 6.03. The molecule has 0 radical (unpaired) electrons. The van der Waals surface area contributed by atoms with Gasteiger partial charge < -0.3 is 9.47 Å². The van der Waals surface area contributed by atoms with Crippen molar-refractivity contribution in [1.29, 1.82) is 0 Å². The van der Waals surface area contributed by atoms with Gasteiger partial charge in [0.15, 0.2) is 6.61 Å². The van der Waals surface area contributed by atoms with E-state index >= 15 is 0 Å². The summed E-state index contributed by atoms with van der Waals surface area (Å²) in [6, 6.07) is 17.2. The molecular weight excluding hydrogens is 392 g/mol. The molecule has 0 bridgehead atoms. The minimum atomic E-state index is -0.313. The Morgan fingerprint density at radius 3 is 2.42 bits per heavy atom. The maximum absolute atomic E-state index is 13.0. The van der Waals surface area contributed by atoms with Gasteiger partial charge in [-0.05, 0) is 42.0 Å². The van der Waals surface area contributed by atoms with Gasteiger partial charge >= 0.3 is 5.97 Å². The summed E-state index contributed by atoms with van der Waals surface area (Å²) in [5.41, 5.74) is 2.78. The summed E-state index contributed by atoms with van der Waals surface area (Å²) in [6.07, 6.45) is 5.47. The Morgan fingerprint density at radius 1 is 1.03 bits per heavy atom. The number of amides is 1. The van der Waals surface area contributed by atoms with Gasteiger partial charge in [-0.15, -0.1) is 0 Å². The van der Waals surface area contributed by atoms with Crippen LogP contribution in [0.2, 0.25) is 0 Å². The molecule has 0 N–H and O–H groups in total. The molecule has 6 heteroatoms. The molecule has 0 saturated heterocycles. The lowest BCUT2D eigenvalue weighted by molar-refractivity contribution is -0.153. The van der Waals surface area contributed by atoms with Crippen LogP contribution in [0.4, 0.5) is 0 Å². The average molecular weight is 421 g/mol. The van der Waals surface area contributed by atoms with Crippen LogP contribution in [0.25, 0.3) is 0 Å². The molecule has 1 fully saturated rings. The maximum Gasteiger partial charge on any atom is 0.306 e. The quantitative estimate of drug-likeness (QED) is 0.619. The summed E-state index contributed by atoms with van der Waals surface area (Å²) < 4.78 is 10.6. The van der Waals surface area contributed by atoms with Crippen LogP contribution in [-0.4, -0.2) is 36.3 Å². The van der Waals surface area contributed by atoms with Crippen LogP contribution in [0.5, 0.6) is 5.75 Å². The van der Waals surface area contributed by atoms with E-state index in [1.165, 1.54) is 17.9 Å². The molecule has 1 unspecified atom stereocenters. The first-order valence-corrected chi connectivity index (χ1v) is 10.9. The van der Waals surface area contributed by atoms with E-state index in [-0.39, 0.29) is 24.5 Å². The van der Waals surface area contributed by atoms with Gasteiger partial charge in [-0.25, -0.2) is 5.01 Å². The molecule has 0 spiro atoms. The van der Waals surface area contributed by atoms with E-state index in [0.717, 1.165) is 35.4 Å². The summed E-state index contributed by atoms with van der Waals surface area (Å²) in [6.45, 7) is -0.288. The molecule has 1 atom stereocenters. The van der Waals surface area contributed by atoms with Crippen LogP contribution in [-0.2, 0) is 14.3 Å². The van der Waals surface area contributed by atoms with Crippen molar-refractivity contribution in [3.8, 4) is 5.75 Å². The number of carbonyl (C=O) groups excluding carboxylic acids is 2. The van der Waals surface area contributed by atoms with Gasteiger partial charge in [0.2, 0.25) is 0 Å². The van der Waals surface area contributed by atoms with E-state index in [0.29, 0.717) is 18.8 Å². The molecule has 162 valence electrons. The average Bonchev–Trinajstić information content (AvgIpc) is 3.48. The zero-order chi connectivity index (χ0) is 21.6. The number of hydrogen-bond acceptors (Lipinski definition) is 5. The van der Waals surface area contributed by atoms with Crippen molar-refractivity contribution >= 4 is 17.6 Å². The highest BCUT2D eigenvalue weighted by Gasteiger charge is 2.33. The Balaban J connectivity index is 1.47. The fraction of sp³-hybridized carbons (Fsp3) is 0.400. The van der Waals surface area contributed by atoms with Crippen molar-refractivity contribution in [1.82, 2.24) is 5.01 Å². The smallest absolute Gasteiger partial charge is 0.306 e. The molecule has 1 amide bonds. The summed E-state index contributed by atoms with van der Waals surface area (Å²) >= 11 is 0. The fourth-order valence-electron chi connectivity index (χ4n) is 4.35. The first-order chi connectivity index (χ1) is 15.1. The molecule has 2 aromatic carbocycles. The third-order valence-electron chi connectivity index (χ3n) is 6.06. The predicted octanol–water partition coefficient (Wildman–Crippen LogP) is 4.50. The van der Waals surface area contributed by atoms with Crippen LogP contribution in [0.15, 0.2) is 59.7 Å². The van der Waals surface area contributed by atoms with Crippen molar-refractivity contribution in [2.45, 2.75) is 44.6 Å². The van der Waals surface area contributed by atoms with Gasteiger partial charge in [-0.1, -0.05) is 55.3 Å². The third kappa shape index (κ3) is 5.13. The molecule has 2 aromatic rings. The highest BCUT2D eigenvalue weighted by atomic mass is 16.5. The highest BCUT2D eigenvalue weighted by Crippen LogP contribution is 2.34. The third-order valence-corrected chi connectivity index (χ3v) is 6.06. The Hall–Kier alpha value is -3.15. The molecule has 2 aliphatic rings. The van der Waals surface area contributed by atoms with E-state index < -0.39 is 0 Å². The number of hydrogen-bond donors (Lipinski definition) is 0. The molecule has 1 aliphatic carbocycles. The van der Waals surface area contributed by atoms with Crippen LogP contribution in [0.3, 0.4) is 0 Å². The topological polar surface area (TPSA) is 68.2 Å². The van der Waals surface area contributed by atoms with E-state index in [9.17, 15) is 9.59 Å². The lowest BCUT2D eigenvalue weighted by Crippen LogP contribution is -2.31. The van der Waals surface area contributed by atoms with E-state index in [2.05, 4.69) is 5.10 Å². The first kappa shape index (κ1) is 21.1. The molecule has 1 heterocycles. The van der Waals surface area contributed by atoms with E-state index in [1.54, 1.807) is 7.11 Å². The number of nitrogens with zero attached hydrogens (tertiary/aromatic N) is 2. The van der Waals surface area contributed by atoms with Crippen LogP contribution < -0.4 is 4.74 Å². The van der Waals surface area contributed by atoms with E-state index in [1.807, 2.05) is 54.6 Å². The number of rotatable bonds is 7. The Morgan fingerprint density at radius 2 is 1.74 bits per heavy atom. The van der Waals surface area contributed by atoms with Gasteiger partial charge in [-0.2, -0.15) is 5.10 Å². The van der Waals surface area contributed by atoms with E-state index in [4.69, 9.17) is 9.47 Å². The summed E-state index contributed by atoms with van der Waals surface area (Å²) in [4.78, 5) is 25.2. The molecule has 4 rings (SSSR count). The number of methoxy groups -OCH3 is 1. The van der Waals surface area contributed by atoms with Crippen LogP contribution >= 0.6 is 0 Å². The number of hydrazone groups is 1. The standard InChI is InChI=1S/C25H28N2O4/c1-30-21-13-11-20(12-14-21)23-16-22(19-9-3-2-4-10-19)26-27(23)24(28)17-31-25(29)15-18-7-5-6-8-18/h2-4,9-14,18,23H,5-8,15-17H2,1H3. The molecule has 0 aromatic heterocycles. The van der Waals surface area contributed by atoms with Gasteiger partial charge in [0.1, 0.15) is 5.75 Å².